The molecule has 5 heteroatoms. The lowest BCUT2D eigenvalue weighted by Gasteiger charge is -2.16. The van der Waals surface area contributed by atoms with E-state index in [2.05, 4.69) is 4.98 Å². The van der Waals surface area contributed by atoms with Crippen molar-refractivity contribution in [2.24, 2.45) is 4.99 Å². The molecule has 0 aliphatic carbocycles. The van der Waals surface area contributed by atoms with Crippen LogP contribution in [-0.2, 0) is 6.18 Å². The average Bonchev–Trinajstić information content (AvgIpc) is 2.93. The monoisotopic (exact) mass is 506 g/mol. The first-order valence-electron chi connectivity index (χ1n) is 12.2. The van der Waals surface area contributed by atoms with Gasteiger partial charge in [-0.25, -0.2) is 0 Å². The molecular weight excluding hydrogens is 481 g/mol. The van der Waals surface area contributed by atoms with Gasteiger partial charge in [0, 0.05) is 17.3 Å². The van der Waals surface area contributed by atoms with Crippen LogP contribution in [0.25, 0.3) is 33.4 Å². The van der Waals surface area contributed by atoms with Gasteiger partial charge in [-0.05, 0) is 72.5 Å². The van der Waals surface area contributed by atoms with E-state index in [1.807, 2.05) is 92.7 Å². The van der Waals surface area contributed by atoms with Crippen LogP contribution in [0.5, 0.6) is 0 Å². The summed E-state index contributed by atoms with van der Waals surface area (Å²) in [4.78, 5) is 9.29. The van der Waals surface area contributed by atoms with Crippen molar-refractivity contribution in [3.05, 3.63) is 132 Å². The number of halogens is 3. The first-order valence-corrected chi connectivity index (χ1v) is 12.2. The molecule has 0 spiro atoms. The maximum absolute atomic E-state index is 13.2. The molecule has 0 radical (unpaired) electrons. The standard InChI is InChI=1S/C33H25F3N2/c1-22-6-10-25(11-7-22)30-19-27(24-14-16-28(17-15-24)33(34,35)36)20-31(26-12-8-23(2)9-13-26)32(30)38-21-29-5-3-4-18-37-29/h3-21H,1-2H3/b38-21+. The van der Waals surface area contributed by atoms with Crippen LogP contribution < -0.4 is 0 Å². The molecule has 0 amide bonds. The van der Waals surface area contributed by atoms with Crippen molar-refractivity contribution >= 4 is 11.9 Å². The molecule has 0 aliphatic heterocycles. The number of alkyl halides is 3. The molecule has 5 rings (SSSR count). The van der Waals surface area contributed by atoms with Crippen molar-refractivity contribution in [1.82, 2.24) is 4.98 Å². The van der Waals surface area contributed by atoms with Crippen LogP contribution in [-0.4, -0.2) is 11.2 Å². The number of hydrogen-bond donors (Lipinski definition) is 0. The van der Waals surface area contributed by atoms with E-state index < -0.39 is 11.7 Å². The zero-order chi connectivity index (χ0) is 26.7. The minimum absolute atomic E-state index is 0.671. The number of pyridine rings is 1. The van der Waals surface area contributed by atoms with Crippen molar-refractivity contribution < 1.29 is 13.2 Å². The van der Waals surface area contributed by atoms with Crippen LogP contribution in [0.2, 0.25) is 0 Å². The number of benzene rings is 4. The van der Waals surface area contributed by atoms with Crippen molar-refractivity contribution in [3.8, 4) is 33.4 Å². The van der Waals surface area contributed by atoms with Crippen molar-refractivity contribution in [2.45, 2.75) is 20.0 Å². The Labute approximate surface area is 220 Å². The number of nitrogens with zero attached hydrogens (tertiary/aromatic N) is 2. The number of aryl methyl sites for hydroxylation is 2. The molecule has 0 fully saturated rings. The molecule has 0 saturated carbocycles. The van der Waals surface area contributed by atoms with Crippen molar-refractivity contribution in [2.75, 3.05) is 0 Å². The van der Waals surface area contributed by atoms with Gasteiger partial charge in [0.15, 0.2) is 0 Å². The van der Waals surface area contributed by atoms with Crippen LogP contribution in [0, 0.1) is 13.8 Å². The minimum Gasteiger partial charge on any atom is -0.255 e. The Kier molecular flexibility index (Phi) is 6.93. The highest BCUT2D eigenvalue weighted by Crippen LogP contribution is 2.43. The van der Waals surface area contributed by atoms with E-state index in [0.717, 1.165) is 62.5 Å². The molecule has 5 aromatic rings. The van der Waals surface area contributed by atoms with Crippen molar-refractivity contribution in [3.63, 3.8) is 0 Å². The Bertz CT molecular complexity index is 1500. The van der Waals surface area contributed by atoms with Crippen LogP contribution in [0.3, 0.4) is 0 Å². The third-order valence-electron chi connectivity index (χ3n) is 6.39. The summed E-state index contributed by atoms with van der Waals surface area (Å²) in [5.41, 5.74) is 8.27. The molecule has 1 aromatic heterocycles. The van der Waals surface area contributed by atoms with Gasteiger partial charge in [0.05, 0.1) is 23.2 Å². The van der Waals surface area contributed by atoms with Gasteiger partial charge in [-0.3, -0.25) is 9.98 Å². The Morgan fingerprint density at radius 1 is 0.632 bits per heavy atom. The highest BCUT2D eigenvalue weighted by Gasteiger charge is 2.30. The average molecular weight is 507 g/mol. The summed E-state index contributed by atoms with van der Waals surface area (Å²) < 4.78 is 39.6. The summed E-state index contributed by atoms with van der Waals surface area (Å²) in [5, 5.41) is 0. The van der Waals surface area contributed by atoms with E-state index in [0.29, 0.717) is 5.56 Å². The largest absolute Gasteiger partial charge is 0.416 e. The number of aliphatic imine (C=N–C) groups is 1. The predicted octanol–water partition coefficient (Wildman–Crippen LogP) is 9.47. The van der Waals surface area contributed by atoms with Gasteiger partial charge in [0.25, 0.3) is 0 Å². The van der Waals surface area contributed by atoms with Gasteiger partial charge >= 0.3 is 6.18 Å². The van der Waals surface area contributed by atoms with Gasteiger partial charge < -0.3 is 0 Å². The van der Waals surface area contributed by atoms with Crippen molar-refractivity contribution in [1.29, 1.82) is 0 Å². The van der Waals surface area contributed by atoms with E-state index >= 15 is 0 Å². The molecule has 0 unspecified atom stereocenters. The van der Waals surface area contributed by atoms with Gasteiger partial charge in [0.1, 0.15) is 0 Å². The first kappa shape index (κ1) is 25.2. The maximum atomic E-state index is 13.2. The Hall–Kier alpha value is -4.51. The summed E-state index contributed by atoms with van der Waals surface area (Å²) in [6.45, 7) is 4.06. The molecule has 0 saturated heterocycles. The highest BCUT2D eigenvalue weighted by molar-refractivity contribution is 5.95. The van der Waals surface area contributed by atoms with Crippen LogP contribution in [0.1, 0.15) is 22.4 Å². The summed E-state index contributed by atoms with van der Waals surface area (Å²) >= 11 is 0. The molecule has 188 valence electrons. The lowest BCUT2D eigenvalue weighted by molar-refractivity contribution is -0.137. The second-order valence-corrected chi connectivity index (χ2v) is 9.24. The molecule has 4 aromatic carbocycles. The second kappa shape index (κ2) is 10.5. The molecule has 0 bridgehead atoms. The number of hydrogen-bond acceptors (Lipinski definition) is 2. The minimum atomic E-state index is -4.39. The maximum Gasteiger partial charge on any atom is 0.416 e. The SMILES string of the molecule is Cc1ccc(-c2cc(-c3ccc(C(F)(F)F)cc3)cc(-c3ccc(C)cc3)c2/N=C/c2ccccn2)cc1. The summed E-state index contributed by atoms with van der Waals surface area (Å²) in [6, 6.07) is 31.3. The Balaban J connectivity index is 1.76. The van der Waals surface area contributed by atoms with Gasteiger partial charge in [-0.15, -0.1) is 0 Å². The smallest absolute Gasteiger partial charge is 0.255 e. The Morgan fingerprint density at radius 3 is 1.63 bits per heavy atom. The highest BCUT2D eigenvalue weighted by atomic mass is 19.4. The molecule has 2 nitrogen and oxygen atoms in total. The van der Waals surface area contributed by atoms with E-state index in [1.165, 1.54) is 12.1 Å². The lowest BCUT2D eigenvalue weighted by atomic mass is 9.90. The molecular formula is C33H25F3N2. The number of aromatic nitrogens is 1. The van der Waals surface area contributed by atoms with E-state index in [9.17, 15) is 13.2 Å². The van der Waals surface area contributed by atoms with Gasteiger partial charge in [-0.1, -0.05) is 77.9 Å². The quantitative estimate of drug-likeness (QED) is 0.218. The van der Waals surface area contributed by atoms with E-state index in [1.54, 1.807) is 12.4 Å². The third kappa shape index (κ3) is 5.57. The zero-order valence-corrected chi connectivity index (χ0v) is 21.0. The summed E-state index contributed by atoms with van der Waals surface area (Å²) in [6.07, 6.45) is -0.929. The normalized spacial score (nSPS) is 11.7. The predicted molar refractivity (Wildman–Crippen MR) is 149 cm³/mol. The summed E-state index contributed by atoms with van der Waals surface area (Å²) in [7, 11) is 0. The topological polar surface area (TPSA) is 25.2 Å². The van der Waals surface area contributed by atoms with Crippen LogP contribution >= 0.6 is 0 Å². The first-order chi connectivity index (χ1) is 18.3. The Morgan fingerprint density at radius 2 is 1.16 bits per heavy atom. The summed E-state index contributed by atoms with van der Waals surface area (Å²) in [5.74, 6) is 0. The zero-order valence-electron chi connectivity index (χ0n) is 21.0. The molecule has 0 N–H and O–H groups in total. The lowest BCUT2D eigenvalue weighted by Crippen LogP contribution is -2.04. The molecule has 1 heterocycles. The molecule has 0 aliphatic rings. The molecule has 38 heavy (non-hydrogen) atoms. The molecule has 0 atom stereocenters. The number of rotatable bonds is 5. The van der Waals surface area contributed by atoms with E-state index in [4.69, 9.17) is 4.99 Å². The van der Waals surface area contributed by atoms with Crippen LogP contribution in [0.4, 0.5) is 18.9 Å². The third-order valence-corrected chi connectivity index (χ3v) is 6.39. The fraction of sp³-hybridized carbons (Fsp3) is 0.0909. The van der Waals surface area contributed by atoms with Gasteiger partial charge in [0.2, 0.25) is 0 Å². The van der Waals surface area contributed by atoms with Gasteiger partial charge in [-0.2, -0.15) is 13.2 Å². The second-order valence-electron chi connectivity index (χ2n) is 9.24. The fourth-order valence-electron chi connectivity index (χ4n) is 4.28. The van der Waals surface area contributed by atoms with Crippen LogP contribution in [0.15, 0.2) is 114 Å². The fourth-order valence-corrected chi connectivity index (χ4v) is 4.28. The van der Waals surface area contributed by atoms with E-state index in [-0.39, 0.29) is 0 Å².